The molecule has 0 spiro atoms. The second-order valence-corrected chi connectivity index (χ2v) is 8.05. The van der Waals surface area contributed by atoms with Crippen molar-refractivity contribution in [3.8, 4) is 11.8 Å². The van der Waals surface area contributed by atoms with Crippen LogP contribution in [0.1, 0.15) is 27.3 Å². The predicted octanol–water partition coefficient (Wildman–Crippen LogP) is 3.43. The van der Waals surface area contributed by atoms with E-state index in [1.807, 2.05) is 0 Å². The minimum Gasteiger partial charge on any atom is -0.266 e. The second kappa shape index (κ2) is 8.41. The maximum absolute atomic E-state index is 14.2. The lowest BCUT2D eigenvalue weighted by molar-refractivity contribution is -0.143. The third-order valence-electron chi connectivity index (χ3n) is 4.17. The number of sulfonamides is 1. The van der Waals surface area contributed by atoms with Crippen LogP contribution in [-0.2, 0) is 22.4 Å². The van der Waals surface area contributed by atoms with Crippen LogP contribution in [0, 0.1) is 17.1 Å². The minimum absolute atomic E-state index is 0.151. The van der Waals surface area contributed by atoms with Gasteiger partial charge < -0.3 is 0 Å². The van der Waals surface area contributed by atoms with E-state index in [4.69, 9.17) is 5.26 Å². The zero-order chi connectivity index (χ0) is 25.5. The molecule has 178 valence electrons. The largest absolute Gasteiger partial charge is 0.435 e. The van der Waals surface area contributed by atoms with Gasteiger partial charge in [0.05, 0.1) is 22.1 Å². The van der Waals surface area contributed by atoms with Gasteiger partial charge in [-0.15, -0.1) is 5.10 Å². The Kier molecular flexibility index (Phi) is 6.09. The van der Waals surface area contributed by atoms with Crippen molar-refractivity contribution in [2.75, 3.05) is 0 Å². The summed E-state index contributed by atoms with van der Waals surface area (Å²) in [6, 6.07) is 6.46. The van der Waals surface area contributed by atoms with Gasteiger partial charge in [0.1, 0.15) is 11.5 Å². The highest BCUT2D eigenvalue weighted by atomic mass is 32.2. The Hall–Kier alpha value is -4.00. The number of carbonyl (C=O) groups is 1. The molecule has 3 aromatic rings. The monoisotopic (exact) mass is 507 g/mol. The molecule has 34 heavy (non-hydrogen) atoms. The van der Waals surface area contributed by atoms with E-state index in [0.29, 0.717) is 18.2 Å². The molecule has 8 nitrogen and oxygen atoms in total. The Morgan fingerprint density at radius 2 is 1.68 bits per heavy atom. The molecule has 1 amide bonds. The fourth-order valence-corrected chi connectivity index (χ4v) is 3.95. The third kappa shape index (κ3) is 4.69. The maximum atomic E-state index is 14.2. The molecule has 1 heterocycles. The van der Waals surface area contributed by atoms with Crippen molar-refractivity contribution in [2.24, 2.45) is 0 Å². The van der Waals surface area contributed by atoms with Crippen LogP contribution >= 0.6 is 0 Å². The number of amides is 1. The number of carbonyl (C=O) groups excluding carboxylic acids is 1. The molecule has 0 bridgehead atoms. The molecule has 0 aliphatic rings. The molecule has 0 saturated heterocycles. The van der Waals surface area contributed by atoms with Gasteiger partial charge in [-0.25, -0.2) is 22.2 Å². The first-order valence-electron chi connectivity index (χ1n) is 8.63. The highest BCUT2D eigenvalue weighted by molar-refractivity contribution is 7.90. The summed E-state index contributed by atoms with van der Waals surface area (Å²) in [5.74, 6) is -3.42. The molecular formula is C18H8F7N5O3S. The molecule has 0 fully saturated rings. The summed E-state index contributed by atoms with van der Waals surface area (Å²) in [5.41, 5.74) is -6.46. The molecule has 2 aromatic carbocycles. The summed E-state index contributed by atoms with van der Waals surface area (Å²) in [6.45, 7) is 0. The zero-order valence-corrected chi connectivity index (χ0v) is 16.9. The van der Waals surface area contributed by atoms with Crippen LogP contribution in [0.4, 0.5) is 30.7 Å². The van der Waals surface area contributed by atoms with Crippen molar-refractivity contribution in [3.05, 3.63) is 70.8 Å². The van der Waals surface area contributed by atoms with Gasteiger partial charge in [0.2, 0.25) is 0 Å². The molecule has 0 atom stereocenters. The van der Waals surface area contributed by atoms with Crippen molar-refractivity contribution in [3.63, 3.8) is 0 Å². The Morgan fingerprint density at radius 1 is 1.03 bits per heavy atom. The summed E-state index contributed by atoms with van der Waals surface area (Å²) < 4.78 is 120. The van der Waals surface area contributed by atoms with Gasteiger partial charge in [0.25, 0.3) is 15.9 Å². The zero-order valence-electron chi connectivity index (χ0n) is 16.1. The topological polar surface area (TPSA) is 118 Å². The molecule has 16 heteroatoms. The van der Waals surface area contributed by atoms with E-state index >= 15 is 0 Å². The van der Waals surface area contributed by atoms with Crippen molar-refractivity contribution in [1.29, 1.82) is 5.26 Å². The number of halogens is 7. The SMILES string of the molecule is N#Cc1ccc(-n2nnc(C(=O)NS(=O)(=O)c3ccccc3C(F)(F)F)c2C(F)(F)F)c(F)c1. The van der Waals surface area contributed by atoms with Crippen LogP contribution in [0.5, 0.6) is 0 Å². The highest BCUT2D eigenvalue weighted by Gasteiger charge is 2.44. The second-order valence-electron chi connectivity index (χ2n) is 6.40. The Morgan fingerprint density at radius 3 is 2.24 bits per heavy atom. The summed E-state index contributed by atoms with van der Waals surface area (Å²) in [5, 5.41) is 14.7. The molecule has 0 unspecified atom stereocenters. The van der Waals surface area contributed by atoms with Crippen molar-refractivity contribution in [1.82, 2.24) is 19.7 Å². The van der Waals surface area contributed by atoms with Crippen LogP contribution in [-0.4, -0.2) is 29.3 Å². The first-order chi connectivity index (χ1) is 15.7. The van der Waals surface area contributed by atoms with E-state index < -0.39 is 61.6 Å². The first kappa shape index (κ1) is 24.6. The predicted molar refractivity (Wildman–Crippen MR) is 97.1 cm³/mol. The number of aromatic nitrogens is 3. The van der Waals surface area contributed by atoms with E-state index in [9.17, 15) is 43.9 Å². The van der Waals surface area contributed by atoms with Gasteiger partial charge in [-0.3, -0.25) is 4.79 Å². The van der Waals surface area contributed by atoms with E-state index in [2.05, 4.69) is 10.3 Å². The van der Waals surface area contributed by atoms with Crippen LogP contribution in [0.15, 0.2) is 47.4 Å². The molecule has 1 aromatic heterocycles. The van der Waals surface area contributed by atoms with Gasteiger partial charge >= 0.3 is 12.4 Å². The lowest BCUT2D eigenvalue weighted by atomic mass is 10.2. The number of hydrogen-bond donors (Lipinski definition) is 1. The van der Waals surface area contributed by atoms with E-state index in [1.54, 1.807) is 6.07 Å². The normalized spacial score (nSPS) is 12.3. The standard InChI is InChI=1S/C18H8F7N5O3S/c19-11-7-9(8-26)5-6-12(11)30-15(18(23,24)25)14(27-29-30)16(31)28-34(32,33)13-4-2-1-3-10(13)17(20,21)22/h1-7H,(H,28,31). The van der Waals surface area contributed by atoms with Gasteiger partial charge in [-0.2, -0.15) is 31.6 Å². The first-order valence-corrected chi connectivity index (χ1v) is 10.1. The Bertz CT molecular complexity index is 1420. The number of nitriles is 1. The third-order valence-corrected chi connectivity index (χ3v) is 5.56. The number of nitrogens with one attached hydrogen (secondary N) is 1. The summed E-state index contributed by atoms with van der Waals surface area (Å²) in [4.78, 5) is 10.9. The van der Waals surface area contributed by atoms with Gasteiger partial charge in [-0.05, 0) is 30.3 Å². The van der Waals surface area contributed by atoms with Gasteiger partial charge in [-0.1, -0.05) is 17.3 Å². The molecule has 1 N–H and O–H groups in total. The van der Waals surface area contributed by atoms with Crippen molar-refractivity contribution < 1.29 is 43.9 Å². The number of alkyl halides is 6. The number of rotatable bonds is 4. The molecule has 0 aliphatic carbocycles. The fourth-order valence-electron chi connectivity index (χ4n) is 2.77. The number of nitrogens with zero attached hydrogens (tertiary/aromatic N) is 4. The summed E-state index contributed by atoms with van der Waals surface area (Å²) in [6.07, 6.45) is -10.6. The van der Waals surface area contributed by atoms with Crippen LogP contribution in [0.2, 0.25) is 0 Å². The molecule has 3 rings (SSSR count). The fraction of sp³-hybridized carbons (Fsp3) is 0.111. The van der Waals surface area contributed by atoms with Crippen molar-refractivity contribution in [2.45, 2.75) is 17.2 Å². The minimum atomic E-state index is -5.44. The smallest absolute Gasteiger partial charge is 0.266 e. The highest BCUT2D eigenvalue weighted by Crippen LogP contribution is 2.35. The van der Waals surface area contributed by atoms with E-state index in [0.717, 1.165) is 29.0 Å². The Labute approximate surface area is 185 Å². The number of hydrogen-bond acceptors (Lipinski definition) is 6. The van der Waals surface area contributed by atoms with E-state index in [-0.39, 0.29) is 10.2 Å². The Balaban J connectivity index is 2.09. The van der Waals surface area contributed by atoms with Crippen LogP contribution in [0.25, 0.3) is 5.69 Å². The van der Waals surface area contributed by atoms with Gasteiger partial charge in [0.15, 0.2) is 11.4 Å². The molecule has 0 saturated carbocycles. The van der Waals surface area contributed by atoms with Gasteiger partial charge in [0, 0.05) is 0 Å². The van der Waals surface area contributed by atoms with Crippen molar-refractivity contribution >= 4 is 15.9 Å². The molecule has 0 aliphatic heterocycles. The lowest BCUT2D eigenvalue weighted by Gasteiger charge is -2.14. The maximum Gasteiger partial charge on any atom is 0.435 e. The van der Waals surface area contributed by atoms with E-state index in [1.165, 1.54) is 0 Å². The number of benzene rings is 2. The lowest BCUT2D eigenvalue weighted by Crippen LogP contribution is -2.34. The quantitative estimate of drug-likeness (QED) is 0.541. The average molecular weight is 507 g/mol. The van der Waals surface area contributed by atoms with Crippen LogP contribution < -0.4 is 4.72 Å². The summed E-state index contributed by atoms with van der Waals surface area (Å²) in [7, 11) is -5.33. The average Bonchev–Trinajstić information content (AvgIpc) is 3.18. The van der Waals surface area contributed by atoms with Crippen LogP contribution in [0.3, 0.4) is 0 Å². The molecular weight excluding hydrogens is 499 g/mol. The summed E-state index contributed by atoms with van der Waals surface area (Å²) >= 11 is 0. The molecule has 0 radical (unpaired) electrons.